The van der Waals surface area contributed by atoms with Crippen molar-refractivity contribution in [3.8, 4) is 0 Å². The number of rotatable bonds is 1. The van der Waals surface area contributed by atoms with E-state index in [1.807, 2.05) is 13.8 Å². The second-order valence-electron chi connectivity index (χ2n) is 4.07. The van der Waals surface area contributed by atoms with Gasteiger partial charge >= 0.3 is 6.09 Å². The van der Waals surface area contributed by atoms with Crippen LogP contribution in [-0.4, -0.2) is 49.1 Å². The molecule has 0 aliphatic carbocycles. The fraction of sp³-hybridized carbons (Fsp3) is 0.875. The van der Waals surface area contributed by atoms with Crippen LogP contribution in [0.3, 0.4) is 0 Å². The number of nitrogens with zero attached hydrogens (tertiary/aromatic N) is 1. The topological polar surface area (TPSA) is 63.7 Å². The Morgan fingerprint density at radius 1 is 1.43 bits per heavy atom. The van der Waals surface area contributed by atoms with Crippen molar-refractivity contribution in [3.05, 3.63) is 0 Å². The molecule has 2 atom stereocenters. The maximum absolute atomic E-state index is 11.3. The molecule has 0 radical (unpaired) electrons. The molecule has 2 aliphatic heterocycles. The Balaban J connectivity index is 2.26. The van der Waals surface area contributed by atoms with Crippen LogP contribution in [0.4, 0.5) is 4.79 Å². The van der Waals surface area contributed by atoms with Crippen LogP contribution in [0.5, 0.6) is 0 Å². The molecule has 1 amide bonds. The van der Waals surface area contributed by atoms with Gasteiger partial charge in [-0.3, -0.25) is 4.90 Å². The van der Waals surface area contributed by atoms with Crippen LogP contribution in [-0.2, 0) is 14.6 Å². The van der Waals surface area contributed by atoms with Crippen LogP contribution in [0, 0.1) is 0 Å². The maximum Gasteiger partial charge on any atom is 0.410 e. The number of ether oxygens (including phenoxy) is 1. The van der Waals surface area contributed by atoms with E-state index in [-0.39, 0.29) is 29.7 Å². The Bertz CT molecular complexity index is 362. The monoisotopic (exact) mass is 219 g/mol. The Morgan fingerprint density at radius 3 is 2.64 bits per heavy atom. The van der Waals surface area contributed by atoms with Gasteiger partial charge in [0.05, 0.1) is 17.5 Å². The summed E-state index contributed by atoms with van der Waals surface area (Å²) in [6, 6.07) is -0.279. The van der Waals surface area contributed by atoms with Gasteiger partial charge in [0.25, 0.3) is 0 Å². The second-order valence-corrected chi connectivity index (χ2v) is 6.22. The maximum atomic E-state index is 11.3. The number of amides is 1. The number of sulfone groups is 1. The molecule has 80 valence electrons. The van der Waals surface area contributed by atoms with Gasteiger partial charge in [0.15, 0.2) is 9.84 Å². The summed E-state index contributed by atoms with van der Waals surface area (Å²) in [4.78, 5) is 12.9. The number of carbonyl (C=O) groups excluding carboxylic acids is 1. The summed E-state index contributed by atoms with van der Waals surface area (Å²) >= 11 is 0. The van der Waals surface area contributed by atoms with Gasteiger partial charge in [-0.1, -0.05) is 0 Å². The lowest BCUT2D eigenvalue weighted by molar-refractivity contribution is 0.136. The molecule has 0 aromatic rings. The first-order chi connectivity index (χ1) is 6.41. The molecule has 0 unspecified atom stereocenters. The summed E-state index contributed by atoms with van der Waals surface area (Å²) in [7, 11) is -3.01. The van der Waals surface area contributed by atoms with Crippen LogP contribution in [0.1, 0.15) is 13.8 Å². The fourth-order valence-electron chi connectivity index (χ4n) is 2.09. The van der Waals surface area contributed by atoms with Crippen molar-refractivity contribution < 1.29 is 17.9 Å². The van der Waals surface area contributed by atoms with Crippen molar-refractivity contribution in [2.75, 3.05) is 11.5 Å². The quantitative estimate of drug-likeness (QED) is 0.623. The van der Waals surface area contributed by atoms with E-state index in [1.165, 1.54) is 4.90 Å². The van der Waals surface area contributed by atoms with Crippen LogP contribution >= 0.6 is 0 Å². The highest BCUT2D eigenvalue weighted by molar-refractivity contribution is 7.91. The minimum Gasteiger partial charge on any atom is -0.443 e. The molecule has 2 rings (SSSR count). The highest BCUT2D eigenvalue weighted by Gasteiger charge is 2.51. The average molecular weight is 219 g/mol. The van der Waals surface area contributed by atoms with Crippen molar-refractivity contribution in [2.24, 2.45) is 0 Å². The zero-order chi connectivity index (χ0) is 10.5. The van der Waals surface area contributed by atoms with E-state index in [1.54, 1.807) is 0 Å². The van der Waals surface area contributed by atoms with Crippen molar-refractivity contribution in [1.29, 1.82) is 0 Å². The molecule has 0 saturated carbocycles. The summed E-state index contributed by atoms with van der Waals surface area (Å²) in [6.45, 7) is 3.71. The Hall–Kier alpha value is -0.780. The third kappa shape index (κ3) is 1.37. The van der Waals surface area contributed by atoms with Gasteiger partial charge in [0.2, 0.25) is 0 Å². The molecular weight excluding hydrogens is 206 g/mol. The van der Waals surface area contributed by atoms with E-state index in [2.05, 4.69) is 0 Å². The molecule has 2 heterocycles. The molecule has 2 fully saturated rings. The van der Waals surface area contributed by atoms with Crippen molar-refractivity contribution in [1.82, 2.24) is 4.90 Å². The fourth-order valence-corrected chi connectivity index (χ4v) is 3.91. The van der Waals surface area contributed by atoms with Gasteiger partial charge < -0.3 is 4.74 Å². The number of carbonyl (C=O) groups is 1. The van der Waals surface area contributed by atoms with Gasteiger partial charge in [-0.05, 0) is 13.8 Å². The Labute approximate surface area is 82.9 Å². The lowest BCUT2D eigenvalue weighted by atomic mass is 10.2. The molecule has 14 heavy (non-hydrogen) atoms. The van der Waals surface area contributed by atoms with E-state index in [0.717, 1.165) is 0 Å². The minimum atomic E-state index is -3.01. The lowest BCUT2D eigenvalue weighted by Gasteiger charge is -2.23. The summed E-state index contributed by atoms with van der Waals surface area (Å²) < 4.78 is 27.6. The van der Waals surface area contributed by atoms with Gasteiger partial charge in [-0.25, -0.2) is 13.2 Å². The highest BCUT2D eigenvalue weighted by atomic mass is 32.2. The number of hydrogen-bond donors (Lipinski definition) is 0. The highest BCUT2D eigenvalue weighted by Crippen LogP contribution is 2.29. The molecule has 2 saturated heterocycles. The SMILES string of the molecule is CC(C)N1C(=O)O[C@H]2CS(=O)(=O)C[C@@H]21. The van der Waals surface area contributed by atoms with E-state index >= 15 is 0 Å². The van der Waals surface area contributed by atoms with Crippen molar-refractivity contribution in [3.63, 3.8) is 0 Å². The van der Waals surface area contributed by atoms with E-state index in [0.29, 0.717) is 0 Å². The smallest absolute Gasteiger partial charge is 0.410 e. The number of fused-ring (bicyclic) bond motifs is 1. The first-order valence-electron chi connectivity index (χ1n) is 4.60. The predicted octanol–water partition coefficient (Wildman–Crippen LogP) is 0.0126. The minimum absolute atomic E-state index is 0.00852. The normalized spacial score (nSPS) is 34.8. The zero-order valence-electron chi connectivity index (χ0n) is 8.13. The number of hydrogen-bond acceptors (Lipinski definition) is 4. The largest absolute Gasteiger partial charge is 0.443 e. The summed E-state index contributed by atoms with van der Waals surface area (Å²) in [5.41, 5.74) is 0. The summed E-state index contributed by atoms with van der Waals surface area (Å²) in [5, 5.41) is 0. The molecular formula is C8H13NO4S. The van der Waals surface area contributed by atoms with Crippen LogP contribution in [0.25, 0.3) is 0 Å². The van der Waals surface area contributed by atoms with E-state index in [4.69, 9.17) is 4.74 Å². The molecule has 2 aliphatic rings. The third-order valence-electron chi connectivity index (χ3n) is 2.65. The van der Waals surface area contributed by atoms with Crippen molar-refractivity contribution >= 4 is 15.9 Å². The Kier molecular flexibility index (Phi) is 1.99. The average Bonchev–Trinajstić information content (AvgIpc) is 2.37. The molecule has 0 aromatic carbocycles. The first kappa shape index (κ1) is 9.76. The summed E-state index contributed by atoms with van der Waals surface area (Å²) in [5.74, 6) is 0.0220. The molecule has 0 aromatic heterocycles. The first-order valence-corrected chi connectivity index (χ1v) is 6.42. The van der Waals surface area contributed by atoms with Gasteiger partial charge in [-0.2, -0.15) is 0 Å². The van der Waals surface area contributed by atoms with Gasteiger partial charge in [0, 0.05) is 6.04 Å². The van der Waals surface area contributed by atoms with Crippen LogP contribution in [0.15, 0.2) is 0 Å². The molecule has 0 bridgehead atoms. The van der Waals surface area contributed by atoms with Gasteiger partial charge in [0.1, 0.15) is 6.10 Å². The third-order valence-corrected chi connectivity index (χ3v) is 4.33. The van der Waals surface area contributed by atoms with E-state index in [9.17, 15) is 13.2 Å². The molecule has 5 nitrogen and oxygen atoms in total. The van der Waals surface area contributed by atoms with Crippen molar-refractivity contribution in [2.45, 2.75) is 32.0 Å². The zero-order valence-corrected chi connectivity index (χ0v) is 8.95. The molecule has 0 spiro atoms. The van der Waals surface area contributed by atoms with E-state index < -0.39 is 15.9 Å². The summed E-state index contributed by atoms with van der Waals surface area (Å²) in [6.07, 6.45) is -0.834. The molecule has 6 heteroatoms. The predicted molar refractivity (Wildman–Crippen MR) is 49.7 cm³/mol. The second kappa shape index (κ2) is 2.85. The Morgan fingerprint density at radius 2 is 2.07 bits per heavy atom. The lowest BCUT2D eigenvalue weighted by Crippen LogP contribution is -2.41. The van der Waals surface area contributed by atoms with Crippen LogP contribution in [0.2, 0.25) is 0 Å². The molecule has 0 N–H and O–H groups in total. The van der Waals surface area contributed by atoms with Gasteiger partial charge in [-0.15, -0.1) is 0 Å². The van der Waals surface area contributed by atoms with Crippen LogP contribution < -0.4 is 0 Å². The standard InChI is InChI=1S/C8H13NO4S/c1-5(2)9-6-3-14(11,12)4-7(6)13-8(9)10/h5-7H,3-4H2,1-2H3/t6-,7-/m0/s1.